The van der Waals surface area contributed by atoms with Gasteiger partial charge in [-0.25, -0.2) is 0 Å². The summed E-state index contributed by atoms with van der Waals surface area (Å²) in [6, 6.07) is 0. The summed E-state index contributed by atoms with van der Waals surface area (Å²) in [6.45, 7) is 4.49. The van der Waals surface area contributed by atoms with E-state index in [0.29, 0.717) is 0 Å². The van der Waals surface area contributed by atoms with Crippen LogP contribution in [0.1, 0.15) is 187 Å². The molecule has 0 aliphatic carbocycles. The van der Waals surface area contributed by atoms with Crippen LogP contribution in [0.5, 0.6) is 0 Å². The van der Waals surface area contributed by atoms with Crippen LogP contribution in [0, 0.1) is 5.92 Å². The van der Waals surface area contributed by atoms with E-state index in [0.717, 1.165) is 51.4 Å². The molecule has 0 heterocycles. The number of hydrogen-bond donors (Lipinski definition) is 1. The fourth-order valence-corrected chi connectivity index (χ4v) is 5.52. The van der Waals surface area contributed by atoms with Crippen LogP contribution in [0.2, 0.25) is 0 Å². The first-order chi connectivity index (χ1) is 21.1. The van der Waals surface area contributed by atoms with Gasteiger partial charge in [-0.3, -0.25) is 9.59 Å². The van der Waals surface area contributed by atoms with E-state index in [1.54, 1.807) is 0 Å². The maximum Gasteiger partial charge on any atom is 0.310 e. The van der Waals surface area contributed by atoms with Gasteiger partial charge in [0.15, 0.2) is 0 Å². The average molecular weight is 599 g/mol. The fraction of sp³-hybridized carbons (Fsp3) is 0.750. The maximum absolute atomic E-state index is 12.5. The molecule has 43 heavy (non-hydrogen) atoms. The molecule has 0 saturated carbocycles. The quantitative estimate of drug-likeness (QED) is 0.0464. The van der Waals surface area contributed by atoms with Gasteiger partial charge >= 0.3 is 5.97 Å². The van der Waals surface area contributed by atoms with Crippen molar-refractivity contribution in [3.63, 3.8) is 0 Å². The normalized spacial score (nSPS) is 12.3. The smallest absolute Gasteiger partial charge is 0.310 e. The van der Waals surface area contributed by atoms with Gasteiger partial charge in [-0.05, 0) is 77.0 Å². The zero-order valence-corrected chi connectivity index (χ0v) is 28.6. The molecular formula is C40H70O3. The molecule has 3 heteroatoms. The number of unbranched alkanes of at least 4 members (excludes halogenated alkanes) is 18. The van der Waals surface area contributed by atoms with Crippen molar-refractivity contribution in [1.29, 1.82) is 0 Å². The fourth-order valence-electron chi connectivity index (χ4n) is 5.52. The van der Waals surface area contributed by atoms with E-state index in [9.17, 15) is 9.59 Å². The molecule has 0 aliphatic heterocycles. The molecule has 0 unspecified atom stereocenters. The molecular weight excluding hydrogens is 528 g/mol. The molecule has 0 saturated heterocycles. The first kappa shape index (κ1) is 41.1. The van der Waals surface area contributed by atoms with Crippen LogP contribution < -0.4 is 0 Å². The summed E-state index contributed by atoms with van der Waals surface area (Å²) < 4.78 is 0. The third-order valence-electron chi connectivity index (χ3n) is 8.29. The van der Waals surface area contributed by atoms with E-state index in [1.807, 2.05) is 0 Å². The highest BCUT2D eigenvalue weighted by Gasteiger charge is 2.20. The second kappa shape index (κ2) is 34.6. The van der Waals surface area contributed by atoms with Crippen LogP contribution in [0.4, 0.5) is 0 Å². The van der Waals surface area contributed by atoms with Crippen molar-refractivity contribution < 1.29 is 14.7 Å². The predicted molar refractivity (Wildman–Crippen MR) is 189 cm³/mol. The van der Waals surface area contributed by atoms with Gasteiger partial charge in [0.25, 0.3) is 0 Å². The number of aliphatic carboxylic acids is 1. The molecule has 0 atom stereocenters. The number of Topliss-reactive ketones (excluding diaryl/α,β-unsaturated/α-hetero) is 1. The molecule has 248 valence electrons. The minimum atomic E-state index is -0.982. The number of allylic oxidation sites excluding steroid dienone is 8. The van der Waals surface area contributed by atoms with Gasteiger partial charge in [0.05, 0.1) is 0 Å². The van der Waals surface area contributed by atoms with Crippen molar-refractivity contribution >= 4 is 11.8 Å². The Bertz CT molecular complexity index is 682. The van der Waals surface area contributed by atoms with Crippen molar-refractivity contribution in [3.8, 4) is 0 Å². The van der Waals surface area contributed by atoms with E-state index in [2.05, 4.69) is 62.5 Å². The Morgan fingerprint density at radius 2 is 0.791 bits per heavy atom. The highest BCUT2D eigenvalue weighted by atomic mass is 16.4. The minimum absolute atomic E-state index is 0.0577. The molecule has 0 radical (unpaired) electrons. The van der Waals surface area contributed by atoms with E-state index in [4.69, 9.17) is 5.11 Å². The van der Waals surface area contributed by atoms with Crippen molar-refractivity contribution in [2.45, 2.75) is 187 Å². The number of ketones is 1. The minimum Gasteiger partial charge on any atom is -0.481 e. The van der Waals surface area contributed by atoms with Gasteiger partial charge < -0.3 is 5.11 Å². The van der Waals surface area contributed by atoms with Crippen LogP contribution in [-0.4, -0.2) is 16.9 Å². The van der Waals surface area contributed by atoms with E-state index < -0.39 is 5.97 Å². The van der Waals surface area contributed by atoms with E-state index in [-0.39, 0.29) is 18.1 Å². The lowest BCUT2D eigenvalue weighted by Crippen LogP contribution is -2.18. The first-order valence-corrected chi connectivity index (χ1v) is 18.5. The Hall–Kier alpha value is -1.90. The number of carboxylic acids is 1. The van der Waals surface area contributed by atoms with Crippen LogP contribution in [0.15, 0.2) is 48.6 Å². The molecule has 0 bridgehead atoms. The highest BCUT2D eigenvalue weighted by Crippen LogP contribution is 2.22. The van der Waals surface area contributed by atoms with E-state index >= 15 is 0 Å². The zero-order valence-electron chi connectivity index (χ0n) is 28.6. The lowest BCUT2D eigenvalue weighted by atomic mass is 9.89. The van der Waals surface area contributed by atoms with Crippen LogP contribution in [-0.2, 0) is 9.59 Å². The molecule has 1 N–H and O–H groups in total. The third-order valence-corrected chi connectivity index (χ3v) is 8.29. The Morgan fingerprint density at radius 1 is 0.465 bits per heavy atom. The lowest BCUT2D eigenvalue weighted by Gasteiger charge is -2.15. The predicted octanol–water partition coefficient (Wildman–Crippen LogP) is 13.1. The van der Waals surface area contributed by atoms with Gasteiger partial charge in [-0.1, -0.05) is 152 Å². The molecule has 0 aliphatic rings. The van der Waals surface area contributed by atoms with Crippen molar-refractivity contribution in [2.24, 2.45) is 5.92 Å². The Kier molecular flexibility index (Phi) is 33.1. The van der Waals surface area contributed by atoms with Crippen LogP contribution in [0.3, 0.4) is 0 Å². The maximum atomic E-state index is 12.5. The SMILES string of the molecule is CCCCC/C=C\C/C=C\CCCCCCCCC(CCCCCCCC/C=C\C/C=C\CCCCC)C(=O)CC(=O)O. The molecule has 0 rings (SSSR count). The Balaban J connectivity index is 3.85. The van der Waals surface area contributed by atoms with Gasteiger partial charge in [-0.15, -0.1) is 0 Å². The van der Waals surface area contributed by atoms with Crippen LogP contribution >= 0.6 is 0 Å². The summed E-state index contributed by atoms with van der Waals surface area (Å²) in [5.41, 5.74) is 0. The van der Waals surface area contributed by atoms with Crippen molar-refractivity contribution in [3.05, 3.63) is 48.6 Å². The van der Waals surface area contributed by atoms with E-state index in [1.165, 1.54) is 116 Å². The second-order valence-electron chi connectivity index (χ2n) is 12.5. The molecule has 0 amide bonds. The second-order valence-corrected chi connectivity index (χ2v) is 12.5. The van der Waals surface area contributed by atoms with Gasteiger partial charge in [0, 0.05) is 5.92 Å². The Labute approximate surface area is 267 Å². The van der Waals surface area contributed by atoms with Gasteiger partial charge in [-0.2, -0.15) is 0 Å². The monoisotopic (exact) mass is 599 g/mol. The number of carbonyl (C=O) groups is 2. The topological polar surface area (TPSA) is 54.4 Å². The largest absolute Gasteiger partial charge is 0.481 e. The van der Waals surface area contributed by atoms with Crippen LogP contribution in [0.25, 0.3) is 0 Å². The summed E-state index contributed by atoms with van der Waals surface area (Å²) in [6.07, 6.45) is 49.0. The zero-order chi connectivity index (χ0) is 31.5. The lowest BCUT2D eigenvalue weighted by molar-refractivity contribution is -0.141. The summed E-state index contributed by atoms with van der Waals surface area (Å²) in [7, 11) is 0. The van der Waals surface area contributed by atoms with Gasteiger partial charge in [0.2, 0.25) is 0 Å². The molecule has 0 spiro atoms. The number of carbonyl (C=O) groups excluding carboxylic acids is 1. The molecule has 0 fully saturated rings. The molecule has 0 aromatic heterocycles. The summed E-state index contributed by atoms with van der Waals surface area (Å²) in [4.78, 5) is 23.7. The summed E-state index contributed by atoms with van der Waals surface area (Å²) in [5.74, 6) is -1.10. The summed E-state index contributed by atoms with van der Waals surface area (Å²) >= 11 is 0. The van der Waals surface area contributed by atoms with Crippen molar-refractivity contribution in [1.82, 2.24) is 0 Å². The molecule has 0 aromatic carbocycles. The van der Waals surface area contributed by atoms with Gasteiger partial charge in [0.1, 0.15) is 12.2 Å². The average Bonchev–Trinajstić information content (AvgIpc) is 2.99. The number of rotatable bonds is 33. The highest BCUT2D eigenvalue weighted by molar-refractivity contribution is 5.95. The van der Waals surface area contributed by atoms with Crippen molar-refractivity contribution in [2.75, 3.05) is 0 Å². The Morgan fingerprint density at radius 3 is 1.14 bits per heavy atom. The molecule has 0 aromatic rings. The summed E-state index contributed by atoms with van der Waals surface area (Å²) in [5, 5.41) is 9.12. The standard InChI is InChI=1S/C40H70O3/c1-3-5-7-9-11-13-15-17-19-21-23-25-27-29-31-33-35-38(39(41)37-40(42)43)36-34-32-30-28-26-24-22-20-18-16-14-12-10-8-6-4-2/h11-14,17-20,38H,3-10,15-16,21-37H2,1-2H3,(H,42,43)/b13-11-,14-12-,19-17-,20-18-. The third kappa shape index (κ3) is 32.8. The number of carboxylic acid groups (broad SMARTS) is 1. The molecule has 3 nitrogen and oxygen atoms in total. The number of hydrogen-bond acceptors (Lipinski definition) is 2. The first-order valence-electron chi connectivity index (χ1n) is 18.5.